The number of nitrogens with one attached hydrogen (secondary N) is 1. The van der Waals surface area contributed by atoms with Gasteiger partial charge in [0.2, 0.25) is 5.95 Å². The molecule has 100 valence electrons. The van der Waals surface area contributed by atoms with Crippen molar-refractivity contribution in [2.24, 2.45) is 0 Å². The molecule has 1 aliphatic carbocycles. The van der Waals surface area contributed by atoms with E-state index in [1.807, 2.05) is 24.5 Å². The van der Waals surface area contributed by atoms with Crippen LogP contribution in [0.1, 0.15) is 35.6 Å². The summed E-state index contributed by atoms with van der Waals surface area (Å²) in [5.74, 6) is 0.797. The normalized spacial score (nSPS) is 14.7. The second-order valence-electron chi connectivity index (χ2n) is 5.29. The van der Waals surface area contributed by atoms with Crippen LogP contribution < -0.4 is 5.32 Å². The lowest BCUT2D eigenvalue weighted by Crippen LogP contribution is -2.07. The minimum absolute atomic E-state index is 0.108. The zero-order valence-corrected chi connectivity index (χ0v) is 11.3. The maximum absolute atomic E-state index is 13.6. The SMILES string of the molecule is Cc1cc(CNc2nccn2C2CC2)cc(C)c1F. The number of anilines is 1. The second kappa shape index (κ2) is 4.68. The summed E-state index contributed by atoms with van der Waals surface area (Å²) in [5, 5.41) is 3.33. The summed E-state index contributed by atoms with van der Waals surface area (Å²) in [6.07, 6.45) is 6.31. The third-order valence-electron chi connectivity index (χ3n) is 3.56. The lowest BCUT2D eigenvalue weighted by molar-refractivity contribution is 0.608. The van der Waals surface area contributed by atoms with E-state index in [0.29, 0.717) is 23.7 Å². The summed E-state index contributed by atoms with van der Waals surface area (Å²) in [5.41, 5.74) is 2.48. The van der Waals surface area contributed by atoms with Crippen molar-refractivity contribution in [3.63, 3.8) is 0 Å². The van der Waals surface area contributed by atoms with Crippen molar-refractivity contribution in [1.29, 1.82) is 0 Å². The molecule has 1 fully saturated rings. The highest BCUT2D eigenvalue weighted by Gasteiger charge is 2.25. The van der Waals surface area contributed by atoms with Crippen LogP contribution in [0.25, 0.3) is 0 Å². The van der Waals surface area contributed by atoms with Crippen LogP contribution in [0.15, 0.2) is 24.5 Å². The lowest BCUT2D eigenvalue weighted by atomic mass is 10.1. The highest BCUT2D eigenvalue weighted by atomic mass is 19.1. The molecule has 1 aliphatic rings. The van der Waals surface area contributed by atoms with E-state index in [1.165, 1.54) is 12.8 Å². The van der Waals surface area contributed by atoms with Crippen molar-refractivity contribution in [2.45, 2.75) is 39.3 Å². The van der Waals surface area contributed by atoms with Crippen LogP contribution in [0.2, 0.25) is 0 Å². The fraction of sp³-hybridized carbons (Fsp3) is 0.400. The Hall–Kier alpha value is -1.84. The Balaban J connectivity index is 1.73. The summed E-state index contributed by atoms with van der Waals surface area (Å²) in [6, 6.07) is 4.39. The zero-order valence-electron chi connectivity index (χ0n) is 11.3. The molecule has 1 heterocycles. The second-order valence-corrected chi connectivity index (χ2v) is 5.29. The van der Waals surface area contributed by atoms with Crippen molar-refractivity contribution in [1.82, 2.24) is 9.55 Å². The molecule has 0 atom stereocenters. The predicted octanol–water partition coefficient (Wildman–Crippen LogP) is 3.59. The molecular formula is C15H18FN3. The minimum atomic E-state index is -0.108. The van der Waals surface area contributed by atoms with E-state index < -0.39 is 0 Å². The number of rotatable bonds is 4. The van der Waals surface area contributed by atoms with Crippen LogP contribution in [-0.4, -0.2) is 9.55 Å². The van der Waals surface area contributed by atoms with Gasteiger partial charge in [-0.2, -0.15) is 0 Å². The quantitative estimate of drug-likeness (QED) is 0.909. The van der Waals surface area contributed by atoms with Gasteiger partial charge < -0.3 is 9.88 Å². The first kappa shape index (κ1) is 12.2. The van der Waals surface area contributed by atoms with Gasteiger partial charge in [0.15, 0.2) is 0 Å². The van der Waals surface area contributed by atoms with Gasteiger partial charge in [0, 0.05) is 25.0 Å². The lowest BCUT2D eigenvalue weighted by Gasteiger charge is -2.10. The van der Waals surface area contributed by atoms with Crippen molar-refractivity contribution >= 4 is 5.95 Å². The molecule has 0 aliphatic heterocycles. The van der Waals surface area contributed by atoms with E-state index in [2.05, 4.69) is 14.9 Å². The number of halogens is 1. The van der Waals surface area contributed by atoms with Crippen LogP contribution in [-0.2, 0) is 6.54 Å². The number of aromatic nitrogens is 2. The molecule has 0 spiro atoms. The highest BCUT2D eigenvalue weighted by Crippen LogP contribution is 2.36. The molecule has 3 rings (SSSR count). The van der Waals surface area contributed by atoms with Crippen molar-refractivity contribution in [3.8, 4) is 0 Å². The fourth-order valence-corrected chi connectivity index (χ4v) is 2.42. The molecule has 0 amide bonds. The van der Waals surface area contributed by atoms with Crippen LogP contribution in [0, 0.1) is 19.7 Å². The third kappa shape index (κ3) is 2.48. The first-order valence-corrected chi connectivity index (χ1v) is 6.67. The van der Waals surface area contributed by atoms with Crippen LogP contribution >= 0.6 is 0 Å². The minimum Gasteiger partial charge on any atom is -0.352 e. The Labute approximate surface area is 112 Å². The van der Waals surface area contributed by atoms with E-state index in [4.69, 9.17) is 0 Å². The number of nitrogens with zero attached hydrogens (tertiary/aromatic N) is 2. The van der Waals surface area contributed by atoms with Crippen molar-refractivity contribution in [2.75, 3.05) is 5.32 Å². The average molecular weight is 259 g/mol. The maximum atomic E-state index is 13.6. The van der Waals surface area contributed by atoms with Gasteiger partial charge >= 0.3 is 0 Å². The van der Waals surface area contributed by atoms with Crippen LogP contribution in [0.4, 0.5) is 10.3 Å². The maximum Gasteiger partial charge on any atom is 0.203 e. The van der Waals surface area contributed by atoms with Gasteiger partial charge in [-0.1, -0.05) is 12.1 Å². The van der Waals surface area contributed by atoms with Gasteiger partial charge in [-0.15, -0.1) is 0 Å². The molecule has 1 saturated carbocycles. The molecule has 0 radical (unpaired) electrons. The molecule has 0 unspecified atom stereocenters. The Morgan fingerprint density at radius 3 is 2.63 bits per heavy atom. The molecule has 0 saturated heterocycles. The van der Waals surface area contributed by atoms with Gasteiger partial charge in [-0.25, -0.2) is 9.37 Å². The van der Waals surface area contributed by atoms with Crippen molar-refractivity contribution < 1.29 is 4.39 Å². The highest BCUT2D eigenvalue weighted by molar-refractivity contribution is 5.34. The van der Waals surface area contributed by atoms with Crippen molar-refractivity contribution in [3.05, 3.63) is 47.0 Å². The molecule has 3 nitrogen and oxygen atoms in total. The monoisotopic (exact) mass is 259 g/mol. The predicted molar refractivity (Wildman–Crippen MR) is 73.7 cm³/mol. The third-order valence-corrected chi connectivity index (χ3v) is 3.56. The summed E-state index contributed by atoms with van der Waals surface area (Å²) < 4.78 is 15.7. The van der Waals surface area contributed by atoms with E-state index >= 15 is 0 Å². The molecule has 2 aromatic rings. The van der Waals surface area contributed by atoms with Gasteiger partial charge in [0.1, 0.15) is 5.82 Å². The Kier molecular flexibility index (Phi) is 3.01. The summed E-state index contributed by atoms with van der Waals surface area (Å²) in [7, 11) is 0. The number of benzene rings is 1. The fourth-order valence-electron chi connectivity index (χ4n) is 2.42. The largest absolute Gasteiger partial charge is 0.352 e. The first-order valence-electron chi connectivity index (χ1n) is 6.67. The van der Waals surface area contributed by atoms with Gasteiger partial charge in [-0.3, -0.25) is 0 Å². The first-order chi connectivity index (χ1) is 9.15. The molecule has 1 aromatic heterocycles. The van der Waals surface area contributed by atoms with E-state index in [9.17, 15) is 4.39 Å². The summed E-state index contributed by atoms with van der Waals surface area (Å²) in [6.45, 7) is 4.28. The molecule has 0 bridgehead atoms. The molecule has 1 N–H and O–H groups in total. The average Bonchev–Trinajstić information content (AvgIpc) is 3.12. The Bertz CT molecular complexity index is 576. The summed E-state index contributed by atoms with van der Waals surface area (Å²) >= 11 is 0. The van der Waals surface area contributed by atoms with Crippen LogP contribution in [0.5, 0.6) is 0 Å². The molecule has 19 heavy (non-hydrogen) atoms. The number of hydrogen-bond acceptors (Lipinski definition) is 2. The van der Waals surface area contributed by atoms with E-state index in [0.717, 1.165) is 11.5 Å². The molecule has 1 aromatic carbocycles. The Morgan fingerprint density at radius 1 is 1.32 bits per heavy atom. The van der Waals surface area contributed by atoms with E-state index in [-0.39, 0.29) is 5.82 Å². The van der Waals surface area contributed by atoms with Gasteiger partial charge in [-0.05, 0) is 43.4 Å². The van der Waals surface area contributed by atoms with Gasteiger partial charge in [0.25, 0.3) is 0 Å². The molecular weight excluding hydrogens is 241 g/mol. The molecule has 4 heteroatoms. The number of aryl methyl sites for hydroxylation is 2. The Morgan fingerprint density at radius 2 is 2.00 bits per heavy atom. The van der Waals surface area contributed by atoms with Crippen LogP contribution in [0.3, 0.4) is 0 Å². The van der Waals surface area contributed by atoms with Gasteiger partial charge in [0.05, 0.1) is 0 Å². The number of imidazole rings is 1. The van der Waals surface area contributed by atoms with E-state index in [1.54, 1.807) is 13.8 Å². The standard InChI is InChI=1S/C15H18FN3/c1-10-7-12(8-11(2)14(10)16)9-18-15-17-5-6-19(15)13-3-4-13/h5-8,13H,3-4,9H2,1-2H3,(H,17,18). The summed E-state index contributed by atoms with van der Waals surface area (Å²) in [4.78, 5) is 4.33. The zero-order chi connectivity index (χ0) is 13.4. The number of hydrogen-bond donors (Lipinski definition) is 1. The topological polar surface area (TPSA) is 29.9 Å². The smallest absolute Gasteiger partial charge is 0.203 e.